The summed E-state index contributed by atoms with van der Waals surface area (Å²) in [5, 5.41) is 0.997. The van der Waals surface area contributed by atoms with Crippen LogP contribution in [-0.2, 0) is 18.5 Å². The Morgan fingerprint density at radius 3 is 1.76 bits per heavy atom. The molecule has 0 spiro atoms. The van der Waals surface area contributed by atoms with Crippen LogP contribution in [0.4, 0.5) is 0 Å². The van der Waals surface area contributed by atoms with Crippen LogP contribution in [0.1, 0.15) is 50.4 Å². The summed E-state index contributed by atoms with van der Waals surface area (Å²) in [7, 11) is 0. The Hall–Kier alpha value is -5.48. The fourth-order valence-corrected chi connectivity index (χ4v) is 6.73. The number of ketones is 1. The predicted molar refractivity (Wildman–Crippen MR) is 182 cm³/mol. The Labute approximate surface area is 264 Å². The molecule has 0 aliphatic carbocycles. The van der Waals surface area contributed by atoms with Crippen LogP contribution in [-0.4, -0.2) is 19.9 Å². The summed E-state index contributed by atoms with van der Waals surface area (Å²) in [6, 6.07) is 50.4. The van der Waals surface area contributed by atoms with E-state index >= 15 is 0 Å². The van der Waals surface area contributed by atoms with Gasteiger partial charge in [0.25, 0.3) is 0 Å². The summed E-state index contributed by atoms with van der Waals surface area (Å²) >= 11 is 0. The van der Waals surface area contributed by atoms with Gasteiger partial charge in [-0.1, -0.05) is 140 Å². The number of aromatic nitrogens is 3. The molecule has 0 amide bonds. The molecule has 5 aromatic carbocycles. The predicted octanol–water partition coefficient (Wildman–Crippen LogP) is 8.85. The van der Waals surface area contributed by atoms with Crippen molar-refractivity contribution in [2.45, 2.75) is 31.8 Å². The fourth-order valence-electron chi connectivity index (χ4n) is 6.73. The first kappa shape index (κ1) is 28.3. The van der Waals surface area contributed by atoms with E-state index in [2.05, 4.69) is 143 Å². The number of benzene rings is 5. The number of imidazole rings is 1. The summed E-state index contributed by atoms with van der Waals surface area (Å²) in [4.78, 5) is 18.8. The first-order valence-corrected chi connectivity index (χ1v) is 15.5. The molecule has 0 N–H and O–H groups in total. The highest BCUT2D eigenvalue weighted by atomic mass is 16.1. The minimum Gasteiger partial charge on any atom is -0.342 e. The van der Waals surface area contributed by atoms with Crippen molar-refractivity contribution in [2.75, 3.05) is 0 Å². The maximum atomic E-state index is 13.8. The molecule has 7 rings (SSSR count). The topological polar surface area (TPSA) is 39.8 Å². The Bertz CT molecular complexity index is 1950. The van der Waals surface area contributed by atoms with Crippen LogP contribution in [0.3, 0.4) is 0 Å². The molecule has 0 atom stereocenters. The zero-order valence-electron chi connectivity index (χ0n) is 25.4. The second-order valence-electron chi connectivity index (χ2n) is 11.6. The maximum Gasteiger partial charge on any atom is 0.165 e. The van der Waals surface area contributed by atoms with E-state index in [0.29, 0.717) is 12.8 Å². The standard InChI is InChI=1S/C41H35N3O/c1-31-38(26-27-40(45)37-29-43(28-32-16-6-2-7-17-32)39-25-15-14-24-36(37)39)42-30-44(31)41(33-18-8-3-9-19-33,34-20-10-4-11-21-34)35-22-12-5-13-23-35/h2-25,29-30H,26-28H2,1H3. The molecular weight excluding hydrogens is 550 g/mol. The van der Waals surface area contributed by atoms with Crippen molar-refractivity contribution in [3.63, 3.8) is 0 Å². The van der Waals surface area contributed by atoms with E-state index in [4.69, 9.17) is 4.98 Å². The lowest BCUT2D eigenvalue weighted by atomic mass is 9.76. The molecule has 4 heteroatoms. The average Bonchev–Trinajstić information content (AvgIpc) is 3.66. The largest absolute Gasteiger partial charge is 0.342 e. The smallest absolute Gasteiger partial charge is 0.165 e. The van der Waals surface area contributed by atoms with E-state index in [9.17, 15) is 4.79 Å². The molecule has 0 bridgehead atoms. The van der Waals surface area contributed by atoms with Crippen LogP contribution in [0.25, 0.3) is 10.9 Å². The lowest BCUT2D eigenvalue weighted by Gasteiger charge is -2.38. The fraction of sp³-hybridized carbons (Fsp3) is 0.122. The van der Waals surface area contributed by atoms with E-state index in [1.165, 1.54) is 5.56 Å². The third-order valence-electron chi connectivity index (χ3n) is 8.92. The number of Topliss-reactive ketones (excluding diaryl/α,β-unsaturated/α-hetero) is 1. The Balaban J connectivity index is 1.25. The number of para-hydroxylation sites is 1. The van der Waals surface area contributed by atoms with Crippen molar-refractivity contribution in [3.05, 3.63) is 197 Å². The first-order chi connectivity index (χ1) is 22.2. The SMILES string of the molecule is Cc1c(CCC(=O)c2cn(Cc3ccccc3)c3ccccc23)ncn1C(c1ccccc1)(c1ccccc1)c1ccccc1. The van der Waals surface area contributed by atoms with E-state index in [1.807, 2.05) is 30.7 Å². The summed E-state index contributed by atoms with van der Waals surface area (Å²) in [6.07, 6.45) is 4.92. The van der Waals surface area contributed by atoms with Gasteiger partial charge in [-0.25, -0.2) is 4.98 Å². The van der Waals surface area contributed by atoms with Gasteiger partial charge < -0.3 is 9.13 Å². The van der Waals surface area contributed by atoms with Gasteiger partial charge in [0, 0.05) is 41.3 Å². The van der Waals surface area contributed by atoms with Crippen molar-refractivity contribution in [2.24, 2.45) is 0 Å². The normalized spacial score (nSPS) is 11.6. The number of carbonyl (C=O) groups is 1. The molecule has 2 heterocycles. The maximum absolute atomic E-state index is 13.8. The highest BCUT2D eigenvalue weighted by Crippen LogP contribution is 2.42. The van der Waals surface area contributed by atoms with Gasteiger partial charge >= 0.3 is 0 Å². The third kappa shape index (κ3) is 5.19. The Kier molecular flexibility index (Phi) is 7.71. The summed E-state index contributed by atoms with van der Waals surface area (Å²) < 4.78 is 4.48. The second-order valence-corrected chi connectivity index (χ2v) is 11.6. The molecule has 0 fully saturated rings. The number of fused-ring (bicyclic) bond motifs is 1. The molecule has 4 nitrogen and oxygen atoms in total. The molecule has 0 aliphatic heterocycles. The number of hydrogen-bond donors (Lipinski definition) is 0. The van der Waals surface area contributed by atoms with Crippen LogP contribution >= 0.6 is 0 Å². The zero-order valence-corrected chi connectivity index (χ0v) is 25.4. The number of carbonyl (C=O) groups excluding carboxylic acids is 1. The van der Waals surface area contributed by atoms with Gasteiger partial charge in [0.2, 0.25) is 0 Å². The first-order valence-electron chi connectivity index (χ1n) is 15.5. The highest BCUT2D eigenvalue weighted by Gasteiger charge is 2.39. The van der Waals surface area contributed by atoms with Crippen LogP contribution in [0.5, 0.6) is 0 Å². The van der Waals surface area contributed by atoms with Crippen LogP contribution < -0.4 is 0 Å². The Morgan fingerprint density at radius 1 is 0.667 bits per heavy atom. The number of aryl methyl sites for hydroxylation is 1. The van der Waals surface area contributed by atoms with E-state index in [1.54, 1.807) is 0 Å². The minimum absolute atomic E-state index is 0.132. The number of nitrogens with zero attached hydrogens (tertiary/aromatic N) is 3. The van der Waals surface area contributed by atoms with Crippen LogP contribution in [0.15, 0.2) is 158 Å². The number of rotatable bonds is 10. The summed E-state index contributed by atoms with van der Waals surface area (Å²) in [5.74, 6) is 0.132. The molecular formula is C41H35N3O. The van der Waals surface area contributed by atoms with Gasteiger partial charge in [0.15, 0.2) is 5.78 Å². The van der Waals surface area contributed by atoms with Crippen molar-refractivity contribution in [1.82, 2.24) is 14.1 Å². The molecule has 0 saturated heterocycles. The minimum atomic E-state index is -0.631. The van der Waals surface area contributed by atoms with Crippen molar-refractivity contribution in [1.29, 1.82) is 0 Å². The number of hydrogen-bond acceptors (Lipinski definition) is 2. The van der Waals surface area contributed by atoms with Crippen molar-refractivity contribution >= 4 is 16.7 Å². The van der Waals surface area contributed by atoms with Gasteiger partial charge in [0.05, 0.1) is 12.0 Å². The molecule has 0 radical (unpaired) electrons. The average molecular weight is 586 g/mol. The molecule has 220 valence electrons. The van der Waals surface area contributed by atoms with Crippen molar-refractivity contribution in [3.8, 4) is 0 Å². The van der Waals surface area contributed by atoms with Gasteiger partial charge in [-0.05, 0) is 41.7 Å². The lowest BCUT2D eigenvalue weighted by molar-refractivity contribution is 0.0984. The Morgan fingerprint density at radius 2 is 1.18 bits per heavy atom. The van der Waals surface area contributed by atoms with Crippen LogP contribution in [0.2, 0.25) is 0 Å². The third-order valence-corrected chi connectivity index (χ3v) is 8.92. The zero-order chi connectivity index (χ0) is 30.6. The molecule has 0 unspecified atom stereocenters. The van der Waals surface area contributed by atoms with Gasteiger partial charge in [-0.15, -0.1) is 0 Å². The molecule has 0 saturated carbocycles. The van der Waals surface area contributed by atoms with E-state index in [0.717, 1.165) is 51.1 Å². The molecule has 0 aliphatic rings. The second kappa shape index (κ2) is 12.3. The molecule has 7 aromatic rings. The van der Waals surface area contributed by atoms with Gasteiger partial charge in [-0.2, -0.15) is 0 Å². The monoisotopic (exact) mass is 585 g/mol. The van der Waals surface area contributed by atoms with Crippen LogP contribution in [0, 0.1) is 6.92 Å². The van der Waals surface area contributed by atoms with Crippen molar-refractivity contribution < 1.29 is 4.79 Å². The lowest BCUT2D eigenvalue weighted by Crippen LogP contribution is -2.38. The summed E-state index contributed by atoms with van der Waals surface area (Å²) in [5.41, 5.74) is 7.85. The van der Waals surface area contributed by atoms with E-state index in [-0.39, 0.29) is 5.78 Å². The van der Waals surface area contributed by atoms with E-state index < -0.39 is 5.54 Å². The van der Waals surface area contributed by atoms with Gasteiger partial charge in [-0.3, -0.25) is 4.79 Å². The highest BCUT2D eigenvalue weighted by molar-refractivity contribution is 6.08. The quantitative estimate of drug-likeness (QED) is 0.119. The summed E-state index contributed by atoms with van der Waals surface area (Å²) in [6.45, 7) is 2.85. The molecule has 2 aromatic heterocycles. The van der Waals surface area contributed by atoms with Gasteiger partial charge in [0.1, 0.15) is 5.54 Å². The molecule has 45 heavy (non-hydrogen) atoms.